The number of carbonyl (C=O) groups is 1. The zero-order valence-corrected chi connectivity index (χ0v) is 16.9. The molecule has 0 saturated carbocycles. The van der Waals surface area contributed by atoms with Crippen LogP contribution in [0.15, 0.2) is 67.1 Å². The lowest BCUT2D eigenvalue weighted by atomic mass is 9.82. The lowest BCUT2D eigenvalue weighted by molar-refractivity contribution is 0.0695. The van der Waals surface area contributed by atoms with Gasteiger partial charge in [-0.2, -0.15) is 0 Å². The minimum Gasteiger partial charge on any atom is -0.394 e. The minimum atomic E-state index is -0.122. The maximum atomic E-state index is 13.2. The lowest BCUT2D eigenvalue weighted by Crippen LogP contribution is -2.43. The fourth-order valence-corrected chi connectivity index (χ4v) is 4.59. The second-order valence-electron chi connectivity index (χ2n) is 7.84. The number of anilines is 1. The van der Waals surface area contributed by atoms with Gasteiger partial charge in [0, 0.05) is 47.9 Å². The molecule has 154 valence electrons. The standard InChI is InChI=1S/C25H22N4O2/c30-16-23-19-10-13-29(25(31)22-5-1-2-12-27-22)24(19)20-14-17(8-9-21(20)28-23)6-7-18-4-3-11-26-15-18/h1-5,8-9,11-12,14-15,19,23-24,28,30H,10,13,16H2/t19-,23+,24-/m0/s1. The third kappa shape index (κ3) is 3.65. The molecule has 3 aromatic rings. The van der Waals surface area contributed by atoms with Gasteiger partial charge in [0.2, 0.25) is 0 Å². The van der Waals surface area contributed by atoms with Crippen molar-refractivity contribution in [3.05, 3.63) is 89.5 Å². The molecule has 1 amide bonds. The number of nitrogens with one attached hydrogen (secondary N) is 1. The van der Waals surface area contributed by atoms with E-state index in [9.17, 15) is 9.90 Å². The number of hydrogen-bond donors (Lipinski definition) is 2. The summed E-state index contributed by atoms with van der Waals surface area (Å²) in [5.41, 5.74) is 4.14. The van der Waals surface area contributed by atoms with Crippen LogP contribution in [0.5, 0.6) is 0 Å². The van der Waals surface area contributed by atoms with Crippen LogP contribution in [-0.2, 0) is 0 Å². The van der Waals surface area contributed by atoms with E-state index in [0.717, 1.165) is 28.8 Å². The van der Waals surface area contributed by atoms with Crippen LogP contribution in [-0.4, -0.2) is 45.1 Å². The Morgan fingerprint density at radius 2 is 2.03 bits per heavy atom. The molecule has 1 saturated heterocycles. The van der Waals surface area contributed by atoms with Crippen LogP contribution in [0.3, 0.4) is 0 Å². The Kier molecular flexibility index (Phi) is 5.11. The summed E-state index contributed by atoms with van der Waals surface area (Å²) >= 11 is 0. The summed E-state index contributed by atoms with van der Waals surface area (Å²) in [6.07, 6.45) is 5.92. The fourth-order valence-electron chi connectivity index (χ4n) is 4.59. The molecule has 2 aliphatic heterocycles. The number of carbonyl (C=O) groups excluding carboxylic acids is 1. The first-order valence-electron chi connectivity index (χ1n) is 10.4. The molecule has 0 bridgehead atoms. The highest BCUT2D eigenvalue weighted by Gasteiger charge is 2.46. The van der Waals surface area contributed by atoms with Crippen LogP contribution in [0, 0.1) is 17.8 Å². The molecule has 1 aromatic carbocycles. The second-order valence-corrected chi connectivity index (χ2v) is 7.84. The Labute approximate surface area is 181 Å². The van der Waals surface area contributed by atoms with Crippen LogP contribution in [0.1, 0.15) is 39.6 Å². The van der Waals surface area contributed by atoms with Gasteiger partial charge in [0.05, 0.1) is 18.7 Å². The molecular formula is C25H22N4O2. The predicted molar refractivity (Wildman–Crippen MR) is 117 cm³/mol. The molecule has 1 fully saturated rings. The second kappa shape index (κ2) is 8.21. The minimum absolute atomic E-state index is 0.0226. The van der Waals surface area contributed by atoms with E-state index in [1.54, 1.807) is 30.7 Å². The maximum absolute atomic E-state index is 13.2. The van der Waals surface area contributed by atoms with Crippen LogP contribution in [0.2, 0.25) is 0 Å². The average Bonchev–Trinajstić information content (AvgIpc) is 3.28. The smallest absolute Gasteiger partial charge is 0.272 e. The number of pyridine rings is 2. The van der Waals surface area contributed by atoms with Crippen molar-refractivity contribution in [1.29, 1.82) is 0 Å². The summed E-state index contributed by atoms with van der Waals surface area (Å²) in [5, 5.41) is 13.4. The number of fused-ring (bicyclic) bond motifs is 3. The van der Waals surface area contributed by atoms with E-state index < -0.39 is 0 Å². The van der Waals surface area contributed by atoms with E-state index in [4.69, 9.17) is 0 Å². The molecule has 2 aliphatic rings. The fraction of sp³-hybridized carbons (Fsp3) is 0.240. The van der Waals surface area contributed by atoms with Crippen molar-refractivity contribution < 1.29 is 9.90 Å². The van der Waals surface area contributed by atoms with Gasteiger partial charge in [-0.15, -0.1) is 0 Å². The van der Waals surface area contributed by atoms with Crippen LogP contribution < -0.4 is 5.32 Å². The van der Waals surface area contributed by atoms with Gasteiger partial charge in [-0.25, -0.2) is 0 Å². The number of benzene rings is 1. The first kappa shape index (κ1) is 19.3. The Morgan fingerprint density at radius 3 is 2.81 bits per heavy atom. The molecule has 0 unspecified atom stereocenters. The van der Waals surface area contributed by atoms with E-state index in [2.05, 4.69) is 33.2 Å². The van der Waals surface area contributed by atoms with Gasteiger partial charge < -0.3 is 15.3 Å². The molecule has 2 N–H and O–H groups in total. The van der Waals surface area contributed by atoms with E-state index in [-0.39, 0.29) is 30.5 Å². The van der Waals surface area contributed by atoms with Gasteiger partial charge in [0.1, 0.15) is 5.69 Å². The van der Waals surface area contributed by atoms with Gasteiger partial charge in [0.15, 0.2) is 0 Å². The molecule has 0 aliphatic carbocycles. The third-order valence-electron chi connectivity index (χ3n) is 6.03. The summed E-state index contributed by atoms with van der Waals surface area (Å²) in [5.74, 6) is 6.40. The molecule has 3 atom stereocenters. The summed E-state index contributed by atoms with van der Waals surface area (Å²) in [6.45, 7) is 0.655. The number of aliphatic hydroxyl groups excluding tert-OH is 1. The zero-order valence-electron chi connectivity index (χ0n) is 16.9. The summed E-state index contributed by atoms with van der Waals surface area (Å²) in [7, 11) is 0. The van der Waals surface area contributed by atoms with Crippen molar-refractivity contribution in [3.63, 3.8) is 0 Å². The van der Waals surface area contributed by atoms with E-state index >= 15 is 0 Å². The number of aromatic nitrogens is 2. The monoisotopic (exact) mass is 410 g/mol. The van der Waals surface area contributed by atoms with Crippen molar-refractivity contribution in [2.75, 3.05) is 18.5 Å². The number of hydrogen-bond acceptors (Lipinski definition) is 5. The molecule has 31 heavy (non-hydrogen) atoms. The molecule has 4 heterocycles. The number of nitrogens with zero attached hydrogens (tertiary/aromatic N) is 3. The highest BCUT2D eigenvalue weighted by atomic mass is 16.3. The molecule has 6 nitrogen and oxygen atoms in total. The third-order valence-corrected chi connectivity index (χ3v) is 6.03. The quantitative estimate of drug-likeness (QED) is 0.636. The van der Waals surface area contributed by atoms with E-state index in [1.165, 1.54) is 0 Å². The van der Waals surface area contributed by atoms with Crippen molar-refractivity contribution in [2.45, 2.75) is 18.5 Å². The van der Waals surface area contributed by atoms with Gasteiger partial charge in [-0.05, 0) is 54.4 Å². The molecule has 0 radical (unpaired) electrons. The first-order chi connectivity index (χ1) is 15.2. The normalized spacial score (nSPS) is 21.3. The average molecular weight is 410 g/mol. The van der Waals surface area contributed by atoms with Crippen molar-refractivity contribution >= 4 is 11.6 Å². The van der Waals surface area contributed by atoms with E-state index in [0.29, 0.717) is 12.2 Å². The number of rotatable bonds is 2. The van der Waals surface area contributed by atoms with E-state index in [1.807, 2.05) is 35.2 Å². The molecular weight excluding hydrogens is 388 g/mol. The summed E-state index contributed by atoms with van der Waals surface area (Å²) in [6, 6.07) is 15.0. The topological polar surface area (TPSA) is 78.4 Å². The maximum Gasteiger partial charge on any atom is 0.272 e. The van der Waals surface area contributed by atoms with Crippen molar-refractivity contribution in [1.82, 2.24) is 14.9 Å². The zero-order chi connectivity index (χ0) is 21.2. The molecule has 2 aromatic heterocycles. The molecule has 5 rings (SSSR count). The Balaban J connectivity index is 1.52. The van der Waals surface area contributed by atoms with Crippen LogP contribution in [0.4, 0.5) is 5.69 Å². The van der Waals surface area contributed by atoms with Crippen molar-refractivity contribution in [2.24, 2.45) is 5.92 Å². The highest BCUT2D eigenvalue weighted by molar-refractivity contribution is 5.93. The SMILES string of the molecule is O=C(c1ccccn1)N1CC[C@@H]2[C@H]1c1cc(C#Cc3cccnc3)ccc1N[C@@H]2CO. The number of aliphatic hydroxyl groups is 1. The van der Waals surface area contributed by atoms with Gasteiger partial charge in [-0.3, -0.25) is 14.8 Å². The van der Waals surface area contributed by atoms with Crippen LogP contribution in [0.25, 0.3) is 0 Å². The Morgan fingerprint density at radius 1 is 1.13 bits per heavy atom. The predicted octanol–water partition coefficient (Wildman–Crippen LogP) is 2.87. The van der Waals surface area contributed by atoms with Gasteiger partial charge >= 0.3 is 0 Å². The van der Waals surface area contributed by atoms with Crippen molar-refractivity contribution in [3.8, 4) is 11.8 Å². The number of likely N-dealkylation sites (tertiary alicyclic amines) is 1. The van der Waals surface area contributed by atoms with Crippen LogP contribution >= 0.6 is 0 Å². The number of amides is 1. The first-order valence-corrected chi connectivity index (χ1v) is 10.4. The Hall–Kier alpha value is -3.69. The lowest BCUT2D eigenvalue weighted by Gasteiger charge is -2.39. The molecule has 6 heteroatoms. The van der Waals surface area contributed by atoms with Gasteiger partial charge in [-0.1, -0.05) is 17.9 Å². The Bertz CT molecular complexity index is 1150. The van der Waals surface area contributed by atoms with Gasteiger partial charge in [0.25, 0.3) is 5.91 Å². The largest absolute Gasteiger partial charge is 0.394 e. The molecule has 0 spiro atoms. The summed E-state index contributed by atoms with van der Waals surface area (Å²) < 4.78 is 0. The summed E-state index contributed by atoms with van der Waals surface area (Å²) in [4.78, 5) is 23.5. The highest BCUT2D eigenvalue weighted by Crippen LogP contribution is 2.46.